The summed E-state index contributed by atoms with van der Waals surface area (Å²) in [4.78, 5) is 26.1. The second-order valence-electron chi connectivity index (χ2n) is 7.12. The highest BCUT2D eigenvalue weighted by Crippen LogP contribution is 2.21. The van der Waals surface area contributed by atoms with Gasteiger partial charge in [0.15, 0.2) is 5.11 Å². The summed E-state index contributed by atoms with van der Waals surface area (Å²) in [6, 6.07) is 13.4. The molecule has 6 nitrogen and oxygen atoms in total. The van der Waals surface area contributed by atoms with Crippen LogP contribution in [0.2, 0.25) is 0 Å². The number of nitrogens with zero attached hydrogens (tertiary/aromatic N) is 1. The van der Waals surface area contributed by atoms with Gasteiger partial charge in [-0.1, -0.05) is 37.3 Å². The fourth-order valence-electron chi connectivity index (χ4n) is 3.43. The van der Waals surface area contributed by atoms with Gasteiger partial charge in [0.25, 0.3) is 5.91 Å². The molecule has 3 rings (SSSR count). The van der Waals surface area contributed by atoms with Crippen molar-refractivity contribution in [2.45, 2.75) is 39.7 Å². The maximum Gasteiger partial charge on any atom is 0.269 e. The number of hydrogen-bond acceptors (Lipinski definition) is 3. The van der Waals surface area contributed by atoms with Crippen LogP contribution in [0, 0.1) is 6.92 Å². The molecule has 0 radical (unpaired) electrons. The van der Waals surface area contributed by atoms with E-state index in [0.29, 0.717) is 23.6 Å². The van der Waals surface area contributed by atoms with E-state index in [-0.39, 0.29) is 11.8 Å². The van der Waals surface area contributed by atoms with Gasteiger partial charge < -0.3 is 10.2 Å². The summed E-state index contributed by atoms with van der Waals surface area (Å²) in [6.07, 6.45) is 2.38. The SMILES string of the molecule is CCc1cccc(C)c1NC(=S)NNC(=O)c1cccc(CN2CCCC2=O)c1. The topological polar surface area (TPSA) is 73.5 Å². The minimum Gasteiger partial charge on any atom is -0.338 e. The van der Waals surface area contributed by atoms with Crippen molar-refractivity contribution in [2.24, 2.45) is 0 Å². The van der Waals surface area contributed by atoms with Gasteiger partial charge in [0, 0.05) is 30.8 Å². The molecule has 3 N–H and O–H groups in total. The summed E-state index contributed by atoms with van der Waals surface area (Å²) in [5.41, 5.74) is 10.0. The fourth-order valence-corrected chi connectivity index (χ4v) is 3.59. The van der Waals surface area contributed by atoms with E-state index in [2.05, 4.69) is 23.1 Å². The fraction of sp³-hybridized carbons (Fsp3) is 0.318. The molecule has 1 heterocycles. The van der Waals surface area contributed by atoms with E-state index in [4.69, 9.17) is 12.2 Å². The molecule has 0 spiro atoms. The molecular weight excluding hydrogens is 384 g/mol. The lowest BCUT2D eigenvalue weighted by atomic mass is 10.1. The zero-order valence-corrected chi connectivity index (χ0v) is 17.6. The summed E-state index contributed by atoms with van der Waals surface area (Å²) < 4.78 is 0. The number of anilines is 1. The zero-order chi connectivity index (χ0) is 20.8. The van der Waals surface area contributed by atoms with Crippen LogP contribution in [0.4, 0.5) is 5.69 Å². The maximum atomic E-state index is 12.5. The molecule has 1 saturated heterocycles. The third-order valence-corrected chi connectivity index (χ3v) is 5.21. The molecule has 2 aromatic carbocycles. The number of hydrogen-bond donors (Lipinski definition) is 3. The van der Waals surface area contributed by atoms with Crippen LogP contribution < -0.4 is 16.2 Å². The smallest absolute Gasteiger partial charge is 0.269 e. The highest BCUT2D eigenvalue weighted by atomic mass is 32.1. The molecule has 1 fully saturated rings. The number of aryl methyl sites for hydroxylation is 2. The first kappa shape index (κ1) is 20.8. The molecule has 0 saturated carbocycles. The van der Waals surface area contributed by atoms with Gasteiger partial charge in [0.05, 0.1) is 0 Å². The van der Waals surface area contributed by atoms with E-state index in [1.807, 2.05) is 42.2 Å². The zero-order valence-electron chi connectivity index (χ0n) is 16.7. The van der Waals surface area contributed by atoms with E-state index >= 15 is 0 Å². The van der Waals surface area contributed by atoms with Crippen molar-refractivity contribution in [1.82, 2.24) is 15.8 Å². The van der Waals surface area contributed by atoms with E-state index < -0.39 is 0 Å². The van der Waals surface area contributed by atoms with Gasteiger partial charge in [-0.25, -0.2) is 0 Å². The lowest BCUT2D eigenvalue weighted by molar-refractivity contribution is -0.128. The van der Waals surface area contributed by atoms with Crippen molar-refractivity contribution in [3.8, 4) is 0 Å². The Bertz CT molecular complexity index is 929. The van der Waals surface area contributed by atoms with E-state index in [9.17, 15) is 9.59 Å². The normalized spacial score (nSPS) is 13.3. The van der Waals surface area contributed by atoms with Crippen LogP contribution in [-0.4, -0.2) is 28.4 Å². The standard InChI is InChI=1S/C22H26N4O2S/c1-3-17-9-4-7-15(2)20(17)23-22(29)25-24-21(28)18-10-5-8-16(13-18)14-26-12-6-11-19(26)27/h4-5,7-10,13H,3,6,11-12,14H2,1-2H3,(H,24,28)(H2,23,25,29). The Hall–Kier alpha value is -2.93. The quantitative estimate of drug-likeness (QED) is 0.521. The van der Waals surface area contributed by atoms with Crippen molar-refractivity contribution in [3.05, 3.63) is 64.7 Å². The van der Waals surface area contributed by atoms with E-state index in [1.54, 1.807) is 12.1 Å². The summed E-state index contributed by atoms with van der Waals surface area (Å²) in [5.74, 6) is -0.121. The number of carbonyl (C=O) groups is 2. The number of likely N-dealkylation sites (tertiary alicyclic amines) is 1. The third kappa shape index (κ3) is 5.32. The summed E-state index contributed by atoms with van der Waals surface area (Å²) in [5, 5.41) is 3.48. The molecule has 2 aromatic rings. The number of thiocarbonyl (C=S) groups is 1. The molecule has 0 unspecified atom stereocenters. The number of carbonyl (C=O) groups excluding carboxylic acids is 2. The first-order chi connectivity index (χ1) is 14.0. The number of nitrogens with one attached hydrogen (secondary N) is 3. The van der Waals surface area contributed by atoms with Gasteiger partial charge in [-0.15, -0.1) is 0 Å². The Labute approximate surface area is 176 Å². The van der Waals surface area contributed by atoms with Crippen LogP contribution in [0.5, 0.6) is 0 Å². The maximum absolute atomic E-state index is 12.5. The average molecular weight is 411 g/mol. The molecule has 152 valence electrons. The number of para-hydroxylation sites is 1. The third-order valence-electron chi connectivity index (χ3n) is 5.00. The Morgan fingerprint density at radius 3 is 2.69 bits per heavy atom. The van der Waals surface area contributed by atoms with Crippen molar-refractivity contribution < 1.29 is 9.59 Å². The highest BCUT2D eigenvalue weighted by Gasteiger charge is 2.20. The van der Waals surface area contributed by atoms with Crippen LogP contribution >= 0.6 is 12.2 Å². The van der Waals surface area contributed by atoms with Crippen LogP contribution in [0.25, 0.3) is 0 Å². The van der Waals surface area contributed by atoms with Gasteiger partial charge >= 0.3 is 0 Å². The summed E-state index contributed by atoms with van der Waals surface area (Å²) in [6.45, 7) is 5.40. The van der Waals surface area contributed by atoms with Crippen LogP contribution in [-0.2, 0) is 17.8 Å². The molecule has 29 heavy (non-hydrogen) atoms. The largest absolute Gasteiger partial charge is 0.338 e. The molecule has 1 aliphatic rings. The van der Waals surface area contributed by atoms with Crippen LogP contribution in [0.1, 0.15) is 46.8 Å². The lowest BCUT2D eigenvalue weighted by Crippen LogP contribution is -2.44. The van der Waals surface area contributed by atoms with Crippen molar-refractivity contribution in [1.29, 1.82) is 0 Å². The Morgan fingerprint density at radius 1 is 1.17 bits per heavy atom. The molecule has 0 aromatic heterocycles. The number of rotatable bonds is 5. The van der Waals surface area contributed by atoms with Gasteiger partial charge in [-0.2, -0.15) is 0 Å². The molecule has 1 aliphatic heterocycles. The van der Waals surface area contributed by atoms with Crippen LogP contribution in [0.15, 0.2) is 42.5 Å². The van der Waals surface area contributed by atoms with E-state index in [0.717, 1.165) is 41.8 Å². The lowest BCUT2D eigenvalue weighted by Gasteiger charge is -2.17. The molecule has 0 bridgehead atoms. The molecule has 2 amide bonds. The Kier molecular flexibility index (Phi) is 6.82. The van der Waals surface area contributed by atoms with Gasteiger partial charge in [0.2, 0.25) is 5.91 Å². The highest BCUT2D eigenvalue weighted by molar-refractivity contribution is 7.80. The Morgan fingerprint density at radius 2 is 1.97 bits per heavy atom. The van der Waals surface area contributed by atoms with Gasteiger partial charge in [-0.3, -0.25) is 20.4 Å². The molecular formula is C22H26N4O2S. The molecule has 0 atom stereocenters. The summed E-state index contributed by atoms with van der Waals surface area (Å²) in [7, 11) is 0. The van der Waals surface area contributed by atoms with Crippen molar-refractivity contribution in [3.63, 3.8) is 0 Å². The second-order valence-corrected chi connectivity index (χ2v) is 7.52. The minimum absolute atomic E-state index is 0.167. The van der Waals surface area contributed by atoms with E-state index in [1.165, 1.54) is 0 Å². The average Bonchev–Trinajstić information content (AvgIpc) is 3.12. The van der Waals surface area contributed by atoms with Crippen molar-refractivity contribution in [2.75, 3.05) is 11.9 Å². The first-order valence-electron chi connectivity index (χ1n) is 9.80. The number of amides is 2. The molecule has 7 heteroatoms. The predicted molar refractivity (Wildman–Crippen MR) is 118 cm³/mol. The minimum atomic E-state index is -0.288. The Balaban J connectivity index is 1.57. The summed E-state index contributed by atoms with van der Waals surface area (Å²) >= 11 is 5.32. The van der Waals surface area contributed by atoms with Crippen molar-refractivity contribution >= 4 is 34.8 Å². The first-order valence-corrected chi connectivity index (χ1v) is 10.2. The van der Waals surface area contributed by atoms with Gasteiger partial charge in [0.1, 0.15) is 0 Å². The second kappa shape index (κ2) is 9.52. The predicted octanol–water partition coefficient (Wildman–Crippen LogP) is 3.31. The number of benzene rings is 2. The van der Waals surface area contributed by atoms with Crippen LogP contribution in [0.3, 0.4) is 0 Å². The number of hydrazine groups is 1. The molecule has 0 aliphatic carbocycles. The monoisotopic (exact) mass is 410 g/mol. The van der Waals surface area contributed by atoms with Gasteiger partial charge in [-0.05, 0) is 60.8 Å².